The quantitative estimate of drug-likeness (QED) is 0.680. The van der Waals surface area contributed by atoms with Crippen LogP contribution in [0.15, 0.2) is 54.6 Å². The number of H-pyrrole nitrogens is 1. The SMILES string of the molecule is O=C1C[C@@H](c2cccc(O)c2)c2c(n[nH]c2-c2ccccc2)N1. The van der Waals surface area contributed by atoms with Gasteiger partial charge in [-0.05, 0) is 23.3 Å². The number of phenols is 1. The van der Waals surface area contributed by atoms with Crippen molar-refractivity contribution in [2.45, 2.75) is 12.3 Å². The molecule has 23 heavy (non-hydrogen) atoms. The molecule has 1 amide bonds. The van der Waals surface area contributed by atoms with Crippen LogP contribution in [-0.4, -0.2) is 21.2 Å². The van der Waals surface area contributed by atoms with E-state index in [9.17, 15) is 9.90 Å². The van der Waals surface area contributed by atoms with E-state index >= 15 is 0 Å². The van der Waals surface area contributed by atoms with Gasteiger partial charge in [0.25, 0.3) is 0 Å². The van der Waals surface area contributed by atoms with Crippen LogP contribution < -0.4 is 5.32 Å². The Hall–Kier alpha value is -3.08. The van der Waals surface area contributed by atoms with Crippen LogP contribution in [0.25, 0.3) is 11.3 Å². The maximum absolute atomic E-state index is 12.0. The molecule has 1 aliphatic heterocycles. The van der Waals surface area contributed by atoms with Gasteiger partial charge in [-0.3, -0.25) is 9.89 Å². The molecule has 0 saturated heterocycles. The van der Waals surface area contributed by atoms with Gasteiger partial charge in [-0.25, -0.2) is 0 Å². The number of aromatic amines is 1. The van der Waals surface area contributed by atoms with Crippen molar-refractivity contribution < 1.29 is 9.90 Å². The summed E-state index contributed by atoms with van der Waals surface area (Å²) in [4.78, 5) is 12.0. The molecule has 1 aromatic heterocycles. The van der Waals surface area contributed by atoms with Gasteiger partial charge in [0.2, 0.25) is 5.91 Å². The van der Waals surface area contributed by atoms with E-state index in [4.69, 9.17) is 0 Å². The molecule has 4 rings (SSSR count). The third-order valence-electron chi connectivity index (χ3n) is 4.13. The first kappa shape index (κ1) is 13.6. The number of nitrogens with zero attached hydrogens (tertiary/aromatic N) is 1. The monoisotopic (exact) mass is 305 g/mol. The molecule has 1 aliphatic rings. The van der Waals surface area contributed by atoms with Crippen molar-refractivity contribution in [3.63, 3.8) is 0 Å². The molecule has 5 nitrogen and oxygen atoms in total. The Morgan fingerprint density at radius 3 is 2.70 bits per heavy atom. The molecule has 2 aromatic carbocycles. The Morgan fingerprint density at radius 2 is 1.91 bits per heavy atom. The minimum Gasteiger partial charge on any atom is -0.508 e. The summed E-state index contributed by atoms with van der Waals surface area (Å²) in [6.45, 7) is 0. The number of hydrogen-bond donors (Lipinski definition) is 3. The molecule has 0 unspecified atom stereocenters. The highest BCUT2D eigenvalue weighted by atomic mass is 16.3. The molecule has 0 fully saturated rings. The van der Waals surface area contributed by atoms with E-state index in [0.717, 1.165) is 22.4 Å². The zero-order valence-electron chi connectivity index (χ0n) is 12.3. The van der Waals surface area contributed by atoms with Crippen LogP contribution in [0.3, 0.4) is 0 Å². The lowest BCUT2D eigenvalue weighted by Gasteiger charge is -2.23. The Morgan fingerprint density at radius 1 is 1.09 bits per heavy atom. The number of phenolic OH excluding ortho intramolecular Hbond substituents is 1. The maximum Gasteiger partial charge on any atom is 0.226 e. The second kappa shape index (κ2) is 5.28. The topological polar surface area (TPSA) is 78.0 Å². The van der Waals surface area contributed by atoms with E-state index in [0.29, 0.717) is 12.2 Å². The van der Waals surface area contributed by atoms with E-state index in [1.54, 1.807) is 18.2 Å². The second-order valence-electron chi connectivity index (χ2n) is 5.63. The molecular weight excluding hydrogens is 290 g/mol. The van der Waals surface area contributed by atoms with Crippen LogP contribution >= 0.6 is 0 Å². The first-order chi connectivity index (χ1) is 11.2. The summed E-state index contributed by atoms with van der Waals surface area (Å²) < 4.78 is 0. The van der Waals surface area contributed by atoms with Crippen molar-refractivity contribution in [1.82, 2.24) is 10.2 Å². The normalized spacial score (nSPS) is 16.7. The Labute approximate surface area is 133 Å². The smallest absolute Gasteiger partial charge is 0.226 e. The summed E-state index contributed by atoms with van der Waals surface area (Å²) in [7, 11) is 0. The maximum atomic E-state index is 12.0. The number of amides is 1. The van der Waals surface area contributed by atoms with E-state index < -0.39 is 0 Å². The van der Waals surface area contributed by atoms with Crippen LogP contribution in [0.4, 0.5) is 5.82 Å². The Balaban J connectivity index is 1.88. The van der Waals surface area contributed by atoms with Crippen LogP contribution in [-0.2, 0) is 4.79 Å². The Bertz CT molecular complexity index is 871. The Kier molecular flexibility index (Phi) is 3.12. The first-order valence-electron chi connectivity index (χ1n) is 7.45. The lowest BCUT2D eigenvalue weighted by Crippen LogP contribution is -2.23. The fourth-order valence-corrected chi connectivity index (χ4v) is 3.11. The van der Waals surface area contributed by atoms with E-state index in [2.05, 4.69) is 15.5 Å². The van der Waals surface area contributed by atoms with Gasteiger partial charge in [0.15, 0.2) is 5.82 Å². The fourth-order valence-electron chi connectivity index (χ4n) is 3.11. The van der Waals surface area contributed by atoms with Crippen LogP contribution in [0, 0.1) is 0 Å². The van der Waals surface area contributed by atoms with E-state index in [1.807, 2.05) is 36.4 Å². The van der Waals surface area contributed by atoms with Crippen molar-refractivity contribution in [2.24, 2.45) is 0 Å². The fraction of sp³-hybridized carbons (Fsp3) is 0.111. The average molecular weight is 305 g/mol. The number of fused-ring (bicyclic) bond motifs is 1. The molecule has 114 valence electrons. The van der Waals surface area contributed by atoms with Crippen molar-refractivity contribution in [1.29, 1.82) is 0 Å². The van der Waals surface area contributed by atoms with Crippen LogP contribution in [0.1, 0.15) is 23.5 Å². The van der Waals surface area contributed by atoms with Crippen molar-refractivity contribution in [2.75, 3.05) is 5.32 Å². The van der Waals surface area contributed by atoms with E-state index in [1.165, 1.54) is 0 Å². The lowest BCUT2D eigenvalue weighted by molar-refractivity contribution is -0.116. The number of aromatic hydroxyl groups is 1. The average Bonchev–Trinajstić information content (AvgIpc) is 2.98. The van der Waals surface area contributed by atoms with Gasteiger partial charge < -0.3 is 10.4 Å². The standard InChI is InChI=1S/C18H15N3O2/c22-13-8-4-7-12(9-13)14-10-15(23)19-18-16(14)17(20-21-18)11-5-2-1-3-6-11/h1-9,14,22H,10H2,(H2,19,20,21,23)/t14-/m0/s1. The van der Waals surface area contributed by atoms with Gasteiger partial charge in [0.05, 0.1) is 5.69 Å². The zero-order valence-corrected chi connectivity index (χ0v) is 12.3. The molecule has 0 saturated carbocycles. The highest BCUT2D eigenvalue weighted by Crippen LogP contribution is 2.42. The number of anilines is 1. The van der Waals surface area contributed by atoms with Gasteiger partial charge in [-0.15, -0.1) is 0 Å². The van der Waals surface area contributed by atoms with Gasteiger partial charge in [0.1, 0.15) is 5.75 Å². The summed E-state index contributed by atoms with van der Waals surface area (Å²) in [5.74, 6) is 0.546. The molecule has 2 heterocycles. The number of carbonyl (C=O) groups is 1. The number of hydrogen-bond acceptors (Lipinski definition) is 3. The lowest BCUT2D eigenvalue weighted by atomic mass is 9.84. The predicted molar refractivity (Wildman–Crippen MR) is 87.2 cm³/mol. The van der Waals surface area contributed by atoms with Gasteiger partial charge in [0, 0.05) is 17.9 Å². The highest BCUT2D eigenvalue weighted by molar-refractivity contribution is 5.96. The molecule has 3 aromatic rings. The first-order valence-corrected chi connectivity index (χ1v) is 7.45. The third-order valence-corrected chi connectivity index (χ3v) is 4.13. The molecule has 0 bridgehead atoms. The van der Waals surface area contributed by atoms with Gasteiger partial charge in [-0.2, -0.15) is 5.10 Å². The molecule has 3 N–H and O–H groups in total. The van der Waals surface area contributed by atoms with Crippen LogP contribution in [0.5, 0.6) is 5.75 Å². The minimum absolute atomic E-state index is 0.0723. The minimum atomic E-state index is -0.139. The summed E-state index contributed by atoms with van der Waals surface area (Å²) in [5, 5.41) is 19.9. The van der Waals surface area contributed by atoms with Gasteiger partial charge in [-0.1, -0.05) is 42.5 Å². The predicted octanol–water partition coefficient (Wildman–Crippen LogP) is 3.26. The summed E-state index contributed by atoms with van der Waals surface area (Å²) >= 11 is 0. The summed E-state index contributed by atoms with van der Waals surface area (Å²) in [6, 6.07) is 16.9. The van der Waals surface area contributed by atoms with Crippen molar-refractivity contribution in [3.05, 3.63) is 65.7 Å². The molecule has 0 radical (unpaired) electrons. The van der Waals surface area contributed by atoms with Crippen molar-refractivity contribution in [3.8, 4) is 17.0 Å². The van der Waals surface area contributed by atoms with Crippen LogP contribution in [0.2, 0.25) is 0 Å². The number of rotatable bonds is 2. The largest absolute Gasteiger partial charge is 0.508 e. The molecule has 0 aliphatic carbocycles. The third kappa shape index (κ3) is 2.36. The van der Waals surface area contributed by atoms with E-state index in [-0.39, 0.29) is 17.6 Å². The van der Waals surface area contributed by atoms with Gasteiger partial charge >= 0.3 is 0 Å². The number of carbonyl (C=O) groups excluding carboxylic acids is 1. The summed E-state index contributed by atoms with van der Waals surface area (Å²) in [5.41, 5.74) is 3.78. The molecular formula is C18H15N3O2. The molecule has 0 spiro atoms. The number of aromatic nitrogens is 2. The summed E-state index contributed by atoms with van der Waals surface area (Å²) in [6.07, 6.45) is 0.329. The highest BCUT2D eigenvalue weighted by Gasteiger charge is 2.32. The molecule has 1 atom stereocenters. The number of benzene rings is 2. The van der Waals surface area contributed by atoms with Crippen molar-refractivity contribution >= 4 is 11.7 Å². The molecule has 5 heteroatoms. The zero-order chi connectivity index (χ0) is 15.8. The number of nitrogens with one attached hydrogen (secondary N) is 2. The second-order valence-corrected chi connectivity index (χ2v) is 5.63.